The highest BCUT2D eigenvalue weighted by Crippen LogP contribution is 2.45. The van der Waals surface area contributed by atoms with E-state index in [-0.39, 0.29) is 47.1 Å². The number of hydrogen-bond donors (Lipinski definition) is 4. The number of nitrogens with two attached hydrogens (primary N) is 1. The van der Waals surface area contributed by atoms with Crippen molar-refractivity contribution in [1.29, 1.82) is 0 Å². The number of nitrogens with one attached hydrogen (secondary N) is 2. The van der Waals surface area contributed by atoms with Crippen LogP contribution in [0, 0.1) is 0 Å². The fraction of sp³-hybridized carbons (Fsp3) is 0.639. The van der Waals surface area contributed by atoms with Crippen molar-refractivity contribution in [3.05, 3.63) is 47.5 Å². The van der Waals surface area contributed by atoms with Crippen LogP contribution in [-0.4, -0.2) is 87.8 Å². The molecule has 0 unspecified atom stereocenters. The van der Waals surface area contributed by atoms with Crippen LogP contribution in [-0.2, 0) is 28.2 Å². The molecule has 0 fully saturated rings. The Morgan fingerprint density at radius 1 is 1.10 bits per heavy atom. The van der Waals surface area contributed by atoms with E-state index in [2.05, 4.69) is 23.8 Å². The van der Waals surface area contributed by atoms with Gasteiger partial charge in [-0.2, -0.15) is 0 Å². The van der Waals surface area contributed by atoms with E-state index in [4.69, 9.17) is 45.4 Å². The Balaban J connectivity index is 4.03. The van der Waals surface area contributed by atoms with E-state index in [0.717, 1.165) is 0 Å². The number of benzene rings is 1. The normalized spacial score (nSPS) is 15.7. The third-order valence-electron chi connectivity index (χ3n) is 8.57. The highest BCUT2D eigenvalue weighted by atomic mass is 35.5. The fourth-order valence-electron chi connectivity index (χ4n) is 4.38. The van der Waals surface area contributed by atoms with Gasteiger partial charge in [0.1, 0.15) is 36.7 Å². The smallest absolute Gasteiger partial charge is 0.408 e. The molecule has 0 saturated carbocycles. The standard InChI is InChI=1S/C36H60ClN3O10Si/c1-15-17-47-30-24(37)18-23(29(50-51(13,14)35(8,9)10)28(32(42)43)40-33(44)49-34(5,6)7)19-25(30)48-36(11,16-2)26(20-46-21-45-12)39-31(41)27(38)22(3)4/h15,18-19,26-29H,1,3,16-17,20-21,38H2,2,4-14H3,(H,39,41)(H,40,44)(H,42,43)/t26-,27+,28+,29+,36-/m1/s1. The Kier molecular flexibility index (Phi) is 17.2. The molecule has 0 radical (unpaired) electrons. The minimum atomic E-state index is -2.73. The van der Waals surface area contributed by atoms with Gasteiger partial charge in [0.05, 0.1) is 17.7 Å². The summed E-state index contributed by atoms with van der Waals surface area (Å²) < 4.78 is 35.6. The predicted octanol–water partition coefficient (Wildman–Crippen LogP) is 6.50. The lowest BCUT2D eigenvalue weighted by molar-refractivity contribution is -0.142. The lowest BCUT2D eigenvalue weighted by Gasteiger charge is -2.41. The van der Waals surface area contributed by atoms with Gasteiger partial charge < -0.3 is 49.6 Å². The molecule has 0 aliphatic heterocycles. The third-order valence-corrected chi connectivity index (χ3v) is 13.3. The van der Waals surface area contributed by atoms with Crippen molar-refractivity contribution in [2.24, 2.45) is 5.73 Å². The van der Waals surface area contributed by atoms with Crippen LogP contribution in [0.1, 0.15) is 80.4 Å². The molecule has 1 aromatic rings. The first-order valence-electron chi connectivity index (χ1n) is 16.8. The molecule has 5 atom stereocenters. The second-order valence-electron chi connectivity index (χ2n) is 15.1. The van der Waals surface area contributed by atoms with Crippen LogP contribution in [0.5, 0.6) is 11.5 Å². The number of methoxy groups -OCH3 is 1. The lowest BCUT2D eigenvalue weighted by Crippen LogP contribution is -2.59. The van der Waals surface area contributed by atoms with Crippen molar-refractivity contribution >= 4 is 37.9 Å². The van der Waals surface area contributed by atoms with Gasteiger partial charge in [0, 0.05) is 7.11 Å². The summed E-state index contributed by atoms with van der Waals surface area (Å²) in [6.07, 6.45) is -0.330. The lowest BCUT2D eigenvalue weighted by atomic mass is 9.92. The van der Waals surface area contributed by atoms with Crippen molar-refractivity contribution in [3.8, 4) is 11.5 Å². The van der Waals surface area contributed by atoms with Crippen molar-refractivity contribution in [2.75, 3.05) is 27.1 Å². The number of rotatable bonds is 20. The van der Waals surface area contributed by atoms with E-state index in [1.54, 1.807) is 40.7 Å². The second-order valence-corrected chi connectivity index (χ2v) is 20.3. The fourth-order valence-corrected chi connectivity index (χ4v) is 5.92. The molecule has 0 saturated heterocycles. The Hall–Kier alpha value is -3.14. The van der Waals surface area contributed by atoms with Crippen LogP contribution < -0.4 is 25.8 Å². The summed E-state index contributed by atoms with van der Waals surface area (Å²) in [5.74, 6) is -1.60. The van der Waals surface area contributed by atoms with Gasteiger partial charge in [-0.05, 0) is 76.9 Å². The van der Waals surface area contributed by atoms with E-state index in [1.165, 1.54) is 19.3 Å². The number of carbonyl (C=O) groups is 3. The number of hydrogen-bond acceptors (Lipinski definition) is 10. The van der Waals surface area contributed by atoms with Gasteiger partial charge in [0.2, 0.25) is 5.91 Å². The first kappa shape index (κ1) is 45.9. The van der Waals surface area contributed by atoms with Crippen molar-refractivity contribution in [1.82, 2.24) is 10.6 Å². The number of halogens is 1. The number of ether oxygens (including phenoxy) is 5. The van der Waals surface area contributed by atoms with E-state index in [1.807, 2.05) is 40.8 Å². The Morgan fingerprint density at radius 2 is 1.71 bits per heavy atom. The maximum Gasteiger partial charge on any atom is 0.408 e. The summed E-state index contributed by atoms with van der Waals surface area (Å²) >= 11 is 6.89. The molecule has 13 nitrogen and oxygen atoms in total. The minimum Gasteiger partial charge on any atom is -0.484 e. The van der Waals surface area contributed by atoms with Gasteiger partial charge in [-0.25, -0.2) is 9.59 Å². The van der Waals surface area contributed by atoms with Crippen molar-refractivity contribution in [3.63, 3.8) is 0 Å². The summed E-state index contributed by atoms with van der Waals surface area (Å²) in [5.41, 5.74) is 4.75. The van der Waals surface area contributed by atoms with Crippen LogP contribution in [0.2, 0.25) is 23.2 Å². The average molecular weight is 758 g/mol. The Labute approximate surface area is 309 Å². The number of carbonyl (C=O) groups excluding carboxylic acids is 2. The zero-order valence-electron chi connectivity index (χ0n) is 32.4. The molecule has 1 aromatic carbocycles. The van der Waals surface area contributed by atoms with Crippen molar-refractivity contribution < 1.29 is 47.6 Å². The van der Waals surface area contributed by atoms with Gasteiger partial charge in [0.15, 0.2) is 25.9 Å². The summed E-state index contributed by atoms with van der Waals surface area (Å²) in [5, 5.41) is 15.7. The summed E-state index contributed by atoms with van der Waals surface area (Å²) in [6.45, 7) is 27.7. The molecule has 0 aromatic heterocycles. The summed E-state index contributed by atoms with van der Waals surface area (Å²) in [6, 6.07) is -0.289. The number of alkyl carbamates (subject to hydrolysis) is 1. The van der Waals surface area contributed by atoms with Gasteiger partial charge in [-0.3, -0.25) is 4.79 Å². The number of aliphatic carboxylic acids is 1. The summed E-state index contributed by atoms with van der Waals surface area (Å²) in [7, 11) is -1.26. The van der Waals surface area contributed by atoms with E-state index in [9.17, 15) is 19.5 Å². The zero-order valence-corrected chi connectivity index (χ0v) is 34.1. The van der Waals surface area contributed by atoms with Crippen LogP contribution >= 0.6 is 11.6 Å². The van der Waals surface area contributed by atoms with E-state index < -0.39 is 61.7 Å². The predicted molar refractivity (Wildman–Crippen MR) is 201 cm³/mol. The number of amides is 2. The van der Waals surface area contributed by atoms with Gasteiger partial charge in [-0.1, -0.05) is 64.1 Å². The highest BCUT2D eigenvalue weighted by Gasteiger charge is 2.45. The molecule has 15 heteroatoms. The number of carboxylic acids is 1. The van der Waals surface area contributed by atoms with Gasteiger partial charge >= 0.3 is 12.1 Å². The first-order chi connectivity index (χ1) is 23.3. The largest absolute Gasteiger partial charge is 0.484 e. The maximum absolute atomic E-state index is 13.2. The highest BCUT2D eigenvalue weighted by molar-refractivity contribution is 6.74. The molecular weight excluding hydrogens is 698 g/mol. The first-order valence-corrected chi connectivity index (χ1v) is 20.1. The Bertz CT molecular complexity index is 1380. The number of carboxylic acid groups (broad SMARTS) is 1. The monoisotopic (exact) mass is 757 g/mol. The van der Waals surface area contributed by atoms with Crippen LogP contribution in [0.3, 0.4) is 0 Å². The molecule has 1 rings (SSSR count). The van der Waals surface area contributed by atoms with Crippen LogP contribution in [0.25, 0.3) is 0 Å². The molecule has 0 bridgehead atoms. The minimum absolute atomic E-state index is 0.0267. The van der Waals surface area contributed by atoms with Gasteiger partial charge in [0.25, 0.3) is 0 Å². The van der Waals surface area contributed by atoms with E-state index in [0.29, 0.717) is 12.0 Å². The average Bonchev–Trinajstić information content (AvgIpc) is 2.99. The molecule has 0 spiro atoms. The van der Waals surface area contributed by atoms with E-state index >= 15 is 0 Å². The molecule has 2 amide bonds. The van der Waals surface area contributed by atoms with Gasteiger partial charge in [-0.15, -0.1) is 0 Å². The second kappa shape index (κ2) is 19.1. The molecule has 51 heavy (non-hydrogen) atoms. The molecular formula is C36H60ClN3O10Si. The molecule has 0 aliphatic carbocycles. The molecule has 5 N–H and O–H groups in total. The van der Waals surface area contributed by atoms with Crippen molar-refractivity contribution in [2.45, 2.75) is 122 Å². The molecule has 0 heterocycles. The molecule has 0 aliphatic rings. The Morgan fingerprint density at radius 3 is 2.18 bits per heavy atom. The van der Waals surface area contributed by atoms with Crippen LogP contribution in [0.4, 0.5) is 4.79 Å². The third kappa shape index (κ3) is 13.7. The zero-order chi connectivity index (χ0) is 39.5. The van der Waals surface area contributed by atoms with Crippen LogP contribution in [0.15, 0.2) is 36.9 Å². The SMILES string of the molecule is C=CCOc1c(Cl)cc([C@H](O[Si](C)(C)C(C)(C)C)[C@H](NC(=O)OC(C)(C)C)C(=O)O)cc1O[C@](C)(CC)[C@@H](COCOC)NC(=O)[C@@H](N)C(=C)C. The molecule has 290 valence electrons. The summed E-state index contributed by atoms with van der Waals surface area (Å²) in [4.78, 5) is 39.1. The quantitative estimate of drug-likeness (QED) is 0.0494. The topological polar surface area (TPSA) is 177 Å². The maximum atomic E-state index is 13.2.